The van der Waals surface area contributed by atoms with E-state index in [0.717, 1.165) is 21.9 Å². The SMILES string of the molecule is COC(=O)c1ccc(C#CCN(C)C)cc1NC(=O)C=C(C)c1ccc2ccccc2c1. The number of rotatable bonds is 5. The first kappa shape index (κ1) is 22.8. The van der Waals surface area contributed by atoms with Gasteiger partial charge >= 0.3 is 5.97 Å². The molecule has 0 unspecified atom stereocenters. The zero-order valence-electron chi connectivity index (χ0n) is 18.7. The molecule has 1 amide bonds. The molecule has 0 aliphatic rings. The van der Waals surface area contributed by atoms with Crippen LogP contribution in [0.4, 0.5) is 5.69 Å². The number of fused-ring (bicyclic) bond motifs is 1. The number of ether oxygens (including phenoxy) is 1. The van der Waals surface area contributed by atoms with E-state index >= 15 is 0 Å². The molecule has 3 aromatic carbocycles. The standard InChI is InChI=1S/C27H26N2O3/c1-19(22-13-12-21-9-5-6-10-23(21)18-22)16-26(30)28-25-17-20(8-7-15-29(2)3)11-14-24(25)27(31)32-4/h5-6,9-14,16-18H,15H2,1-4H3,(H,28,30). The van der Waals surface area contributed by atoms with Crippen molar-refractivity contribution in [3.05, 3.63) is 83.4 Å². The van der Waals surface area contributed by atoms with Crippen molar-refractivity contribution < 1.29 is 14.3 Å². The van der Waals surface area contributed by atoms with E-state index in [1.807, 2.05) is 62.3 Å². The van der Waals surface area contributed by atoms with Crippen molar-refractivity contribution in [2.75, 3.05) is 33.1 Å². The van der Waals surface area contributed by atoms with E-state index in [1.165, 1.54) is 13.2 Å². The number of benzene rings is 3. The van der Waals surface area contributed by atoms with Gasteiger partial charge in [-0.25, -0.2) is 4.79 Å². The van der Waals surface area contributed by atoms with Gasteiger partial charge in [-0.05, 0) is 67.2 Å². The number of nitrogens with zero attached hydrogens (tertiary/aromatic N) is 1. The number of hydrogen-bond acceptors (Lipinski definition) is 4. The molecule has 0 fully saturated rings. The molecule has 5 nitrogen and oxygen atoms in total. The van der Waals surface area contributed by atoms with Crippen LogP contribution in [0.2, 0.25) is 0 Å². The maximum absolute atomic E-state index is 12.8. The zero-order chi connectivity index (χ0) is 23.1. The summed E-state index contributed by atoms with van der Waals surface area (Å²) in [4.78, 5) is 26.9. The van der Waals surface area contributed by atoms with E-state index in [-0.39, 0.29) is 11.5 Å². The van der Waals surface area contributed by atoms with Gasteiger partial charge in [0.2, 0.25) is 5.91 Å². The summed E-state index contributed by atoms with van der Waals surface area (Å²) in [6.45, 7) is 2.49. The third-order valence-electron chi connectivity index (χ3n) is 4.86. The normalized spacial score (nSPS) is 11.1. The second-order valence-corrected chi connectivity index (χ2v) is 7.67. The molecule has 0 saturated heterocycles. The van der Waals surface area contributed by atoms with Gasteiger partial charge in [0.25, 0.3) is 0 Å². The molecule has 0 spiro atoms. The van der Waals surface area contributed by atoms with Gasteiger partial charge in [0.05, 0.1) is 24.9 Å². The molecule has 0 saturated carbocycles. The zero-order valence-corrected chi connectivity index (χ0v) is 18.7. The first-order chi connectivity index (χ1) is 15.4. The Morgan fingerprint density at radius 1 is 1.03 bits per heavy atom. The Hall–Kier alpha value is -3.88. The summed E-state index contributed by atoms with van der Waals surface area (Å²) in [5.41, 5.74) is 3.10. The molecule has 0 atom stereocenters. The molecular weight excluding hydrogens is 400 g/mol. The highest BCUT2D eigenvalue weighted by Gasteiger charge is 2.14. The third kappa shape index (κ3) is 5.84. The van der Waals surface area contributed by atoms with Crippen molar-refractivity contribution in [3.8, 4) is 11.8 Å². The largest absolute Gasteiger partial charge is 0.465 e. The summed E-state index contributed by atoms with van der Waals surface area (Å²) in [6.07, 6.45) is 1.52. The third-order valence-corrected chi connectivity index (χ3v) is 4.86. The van der Waals surface area contributed by atoms with E-state index in [9.17, 15) is 9.59 Å². The highest BCUT2D eigenvalue weighted by atomic mass is 16.5. The summed E-state index contributed by atoms with van der Waals surface area (Å²) in [6, 6.07) is 19.2. The molecule has 0 bridgehead atoms. The average Bonchev–Trinajstić information content (AvgIpc) is 2.78. The first-order valence-corrected chi connectivity index (χ1v) is 10.2. The minimum absolute atomic E-state index is 0.274. The van der Waals surface area contributed by atoms with Crippen LogP contribution in [0.1, 0.15) is 28.4 Å². The molecule has 0 aliphatic heterocycles. The van der Waals surface area contributed by atoms with Gasteiger partial charge in [0.15, 0.2) is 0 Å². The molecular formula is C27H26N2O3. The molecule has 0 heterocycles. The summed E-state index contributed by atoms with van der Waals surface area (Å²) >= 11 is 0. The highest BCUT2D eigenvalue weighted by Crippen LogP contribution is 2.22. The van der Waals surface area contributed by atoms with Crippen LogP contribution in [0, 0.1) is 11.8 Å². The monoisotopic (exact) mass is 426 g/mol. The lowest BCUT2D eigenvalue weighted by molar-refractivity contribution is -0.111. The van der Waals surface area contributed by atoms with Gasteiger partial charge in [-0.2, -0.15) is 0 Å². The minimum atomic E-state index is -0.525. The Morgan fingerprint density at radius 2 is 1.78 bits per heavy atom. The molecule has 3 rings (SSSR count). The number of amides is 1. The van der Waals surface area contributed by atoms with Crippen molar-refractivity contribution in [2.24, 2.45) is 0 Å². The molecule has 32 heavy (non-hydrogen) atoms. The fraction of sp³-hybridized carbons (Fsp3) is 0.185. The van der Waals surface area contributed by atoms with E-state index < -0.39 is 5.97 Å². The number of esters is 1. The fourth-order valence-electron chi connectivity index (χ4n) is 3.20. The lowest BCUT2D eigenvalue weighted by Gasteiger charge is -2.10. The fourth-order valence-corrected chi connectivity index (χ4v) is 3.20. The predicted octanol–water partition coefficient (Wildman–Crippen LogP) is 4.58. The van der Waals surface area contributed by atoms with E-state index in [2.05, 4.69) is 23.2 Å². The molecule has 1 N–H and O–H groups in total. The minimum Gasteiger partial charge on any atom is -0.465 e. The van der Waals surface area contributed by atoms with E-state index in [1.54, 1.807) is 18.2 Å². The number of allylic oxidation sites excluding steroid dienone is 1. The van der Waals surface area contributed by atoms with Crippen LogP contribution >= 0.6 is 0 Å². The summed E-state index contributed by atoms with van der Waals surface area (Å²) < 4.78 is 4.85. The maximum Gasteiger partial charge on any atom is 0.339 e. The van der Waals surface area contributed by atoms with Crippen molar-refractivity contribution in [1.82, 2.24) is 4.90 Å². The van der Waals surface area contributed by atoms with Crippen molar-refractivity contribution in [3.63, 3.8) is 0 Å². The molecule has 0 aromatic heterocycles. The van der Waals surface area contributed by atoms with Crippen LogP contribution in [0.5, 0.6) is 0 Å². The Labute approximate surface area is 188 Å². The molecule has 3 aromatic rings. The first-order valence-electron chi connectivity index (χ1n) is 10.2. The number of methoxy groups -OCH3 is 1. The number of nitrogens with one attached hydrogen (secondary N) is 1. The topological polar surface area (TPSA) is 58.6 Å². The van der Waals surface area contributed by atoms with Crippen LogP contribution < -0.4 is 5.32 Å². The van der Waals surface area contributed by atoms with Crippen LogP contribution in [0.3, 0.4) is 0 Å². The summed E-state index contributed by atoms with van der Waals surface area (Å²) in [7, 11) is 5.18. The van der Waals surface area contributed by atoms with Gasteiger partial charge in [-0.3, -0.25) is 9.69 Å². The smallest absolute Gasteiger partial charge is 0.339 e. The number of carbonyl (C=O) groups excluding carboxylic acids is 2. The second-order valence-electron chi connectivity index (χ2n) is 7.67. The second kappa shape index (κ2) is 10.4. The van der Waals surface area contributed by atoms with Gasteiger partial charge in [0.1, 0.15) is 0 Å². The van der Waals surface area contributed by atoms with Crippen LogP contribution in [0.25, 0.3) is 16.3 Å². The lowest BCUT2D eigenvalue weighted by Crippen LogP contribution is -2.14. The maximum atomic E-state index is 12.8. The van der Waals surface area contributed by atoms with Gasteiger partial charge < -0.3 is 10.1 Å². The number of carbonyl (C=O) groups is 2. The van der Waals surface area contributed by atoms with Crippen LogP contribution in [-0.2, 0) is 9.53 Å². The Kier molecular flexibility index (Phi) is 7.43. The molecule has 0 radical (unpaired) electrons. The van der Waals surface area contributed by atoms with Gasteiger partial charge in [-0.1, -0.05) is 48.2 Å². The van der Waals surface area contributed by atoms with E-state index in [0.29, 0.717) is 17.8 Å². The van der Waals surface area contributed by atoms with Gasteiger partial charge in [0, 0.05) is 11.6 Å². The molecule has 5 heteroatoms. The lowest BCUT2D eigenvalue weighted by atomic mass is 10.0. The number of anilines is 1. The van der Waals surface area contributed by atoms with Gasteiger partial charge in [-0.15, -0.1) is 0 Å². The Morgan fingerprint density at radius 3 is 2.50 bits per heavy atom. The van der Waals surface area contributed by atoms with Crippen molar-refractivity contribution in [2.45, 2.75) is 6.92 Å². The number of hydrogen-bond donors (Lipinski definition) is 1. The molecule has 162 valence electrons. The predicted molar refractivity (Wildman–Crippen MR) is 129 cm³/mol. The van der Waals surface area contributed by atoms with Crippen molar-refractivity contribution >= 4 is 33.9 Å². The average molecular weight is 427 g/mol. The summed E-state index contributed by atoms with van der Waals surface area (Å²) in [5, 5.41) is 5.06. The van der Waals surface area contributed by atoms with Crippen LogP contribution in [0.15, 0.2) is 66.7 Å². The van der Waals surface area contributed by atoms with Crippen LogP contribution in [-0.4, -0.2) is 44.5 Å². The Bertz CT molecular complexity index is 1250. The molecule has 0 aliphatic carbocycles. The highest BCUT2D eigenvalue weighted by molar-refractivity contribution is 6.08. The van der Waals surface area contributed by atoms with E-state index in [4.69, 9.17) is 4.74 Å². The van der Waals surface area contributed by atoms with Crippen molar-refractivity contribution in [1.29, 1.82) is 0 Å². The Balaban J connectivity index is 1.86. The quantitative estimate of drug-likeness (QED) is 0.369. The summed E-state index contributed by atoms with van der Waals surface area (Å²) in [5.74, 6) is 5.24.